The van der Waals surface area contributed by atoms with Crippen LogP contribution in [-0.4, -0.2) is 52.0 Å². The minimum Gasteiger partial charge on any atom is -0.338 e. The van der Waals surface area contributed by atoms with E-state index >= 15 is 0 Å². The summed E-state index contributed by atoms with van der Waals surface area (Å²) in [5, 5.41) is 4.09. The fourth-order valence-electron chi connectivity index (χ4n) is 3.02. The molecule has 0 saturated carbocycles. The Labute approximate surface area is 169 Å². The van der Waals surface area contributed by atoms with Crippen LogP contribution in [0.1, 0.15) is 21.1 Å². The molecule has 4 rings (SSSR count). The van der Waals surface area contributed by atoms with Crippen molar-refractivity contribution in [2.24, 2.45) is 0 Å². The first-order valence-electron chi connectivity index (χ1n) is 8.75. The third kappa shape index (κ3) is 4.28. The second kappa shape index (κ2) is 7.92. The largest absolute Gasteiger partial charge is 0.338 e. The lowest BCUT2D eigenvalue weighted by molar-refractivity contribution is 0.0620. The van der Waals surface area contributed by atoms with Gasteiger partial charge in [-0.1, -0.05) is 35.0 Å². The summed E-state index contributed by atoms with van der Waals surface area (Å²) in [7, 11) is 0. The van der Waals surface area contributed by atoms with E-state index in [2.05, 4.69) is 31.0 Å². The molecule has 140 valence electrons. The monoisotopic (exact) mass is 446 g/mol. The summed E-state index contributed by atoms with van der Waals surface area (Å²) in [5.41, 5.74) is 2.15. The Balaban J connectivity index is 1.33. The minimum absolute atomic E-state index is 0.102. The highest BCUT2D eigenvalue weighted by atomic mass is 79.9. The third-order valence-electron chi connectivity index (χ3n) is 4.58. The number of carbonyl (C=O) groups is 1. The first-order valence-corrected chi connectivity index (χ1v) is 10.4. The van der Waals surface area contributed by atoms with Crippen LogP contribution in [0.15, 0.2) is 44.7 Å². The van der Waals surface area contributed by atoms with E-state index in [4.69, 9.17) is 4.52 Å². The third-order valence-corrected chi connectivity index (χ3v) is 6.19. The molecule has 0 radical (unpaired) electrons. The molecular formula is C19H19BrN4O2S. The molecule has 1 saturated heterocycles. The summed E-state index contributed by atoms with van der Waals surface area (Å²) in [4.78, 5) is 21.9. The molecule has 1 aliphatic heterocycles. The number of benzene rings is 1. The van der Waals surface area contributed by atoms with Gasteiger partial charge in [0.1, 0.15) is 0 Å². The zero-order chi connectivity index (χ0) is 18.8. The van der Waals surface area contributed by atoms with Crippen molar-refractivity contribution in [2.75, 3.05) is 26.2 Å². The van der Waals surface area contributed by atoms with Gasteiger partial charge in [0.2, 0.25) is 11.7 Å². The number of aromatic nitrogens is 2. The normalized spacial score (nSPS) is 15.3. The lowest BCUT2D eigenvalue weighted by Gasteiger charge is -2.33. The van der Waals surface area contributed by atoms with Crippen LogP contribution in [0.2, 0.25) is 0 Å². The van der Waals surface area contributed by atoms with Crippen LogP contribution in [0.4, 0.5) is 0 Å². The summed E-state index contributed by atoms with van der Waals surface area (Å²) in [5.74, 6) is 1.32. The Morgan fingerprint density at radius 1 is 1.15 bits per heavy atom. The second-order valence-corrected chi connectivity index (χ2v) is 9.01. The van der Waals surface area contributed by atoms with Gasteiger partial charge in [0, 0.05) is 31.7 Å². The number of thiophene rings is 1. The molecule has 1 amide bonds. The number of hydrogen-bond donors (Lipinski definition) is 0. The Hall–Kier alpha value is -2.03. The molecule has 1 fully saturated rings. The van der Waals surface area contributed by atoms with Crippen molar-refractivity contribution in [2.45, 2.75) is 13.5 Å². The van der Waals surface area contributed by atoms with E-state index in [9.17, 15) is 4.79 Å². The molecule has 3 heterocycles. The molecule has 27 heavy (non-hydrogen) atoms. The standard InChI is InChI=1S/C19H19BrN4O2S/c1-13-2-4-14(5-3-13)18-21-17(26-22-18)12-23-8-10-24(11-9-23)19(25)15-6-7-16(20)27-15/h2-7H,8-12H2,1H3. The summed E-state index contributed by atoms with van der Waals surface area (Å²) in [6.07, 6.45) is 0. The van der Waals surface area contributed by atoms with E-state index in [1.807, 2.05) is 48.2 Å². The van der Waals surface area contributed by atoms with Crippen molar-refractivity contribution in [3.8, 4) is 11.4 Å². The summed E-state index contributed by atoms with van der Waals surface area (Å²) < 4.78 is 6.39. The highest BCUT2D eigenvalue weighted by molar-refractivity contribution is 9.11. The number of halogens is 1. The molecule has 0 aliphatic carbocycles. The van der Waals surface area contributed by atoms with Gasteiger partial charge in [-0.25, -0.2) is 0 Å². The van der Waals surface area contributed by atoms with Crippen molar-refractivity contribution in [1.29, 1.82) is 0 Å². The maximum atomic E-state index is 12.5. The van der Waals surface area contributed by atoms with E-state index in [1.54, 1.807) is 0 Å². The fraction of sp³-hybridized carbons (Fsp3) is 0.316. The van der Waals surface area contributed by atoms with Crippen LogP contribution in [0.3, 0.4) is 0 Å². The van der Waals surface area contributed by atoms with Gasteiger partial charge in [0.15, 0.2) is 0 Å². The zero-order valence-electron chi connectivity index (χ0n) is 14.9. The predicted octanol–water partition coefficient (Wildman–Crippen LogP) is 3.83. The van der Waals surface area contributed by atoms with Gasteiger partial charge >= 0.3 is 0 Å². The molecule has 0 atom stereocenters. The van der Waals surface area contributed by atoms with E-state index in [0.717, 1.165) is 27.3 Å². The molecule has 3 aromatic rings. The second-order valence-electron chi connectivity index (χ2n) is 6.55. The van der Waals surface area contributed by atoms with Gasteiger partial charge in [-0.15, -0.1) is 11.3 Å². The topological polar surface area (TPSA) is 62.5 Å². The number of piperazine rings is 1. The van der Waals surface area contributed by atoms with Crippen molar-refractivity contribution >= 4 is 33.2 Å². The van der Waals surface area contributed by atoms with Crippen LogP contribution < -0.4 is 0 Å². The lowest BCUT2D eigenvalue weighted by Crippen LogP contribution is -2.48. The maximum absolute atomic E-state index is 12.5. The molecule has 1 aromatic carbocycles. The Bertz CT molecular complexity index is 929. The van der Waals surface area contributed by atoms with Gasteiger partial charge in [-0.05, 0) is 35.0 Å². The summed E-state index contributed by atoms with van der Waals surface area (Å²) >= 11 is 4.88. The van der Waals surface area contributed by atoms with Crippen LogP contribution in [0, 0.1) is 6.92 Å². The van der Waals surface area contributed by atoms with Gasteiger partial charge in [0.25, 0.3) is 5.91 Å². The number of carbonyl (C=O) groups excluding carboxylic acids is 1. The van der Waals surface area contributed by atoms with Gasteiger partial charge in [0.05, 0.1) is 15.2 Å². The van der Waals surface area contributed by atoms with Gasteiger partial charge < -0.3 is 9.42 Å². The molecule has 8 heteroatoms. The lowest BCUT2D eigenvalue weighted by atomic mass is 10.1. The van der Waals surface area contributed by atoms with Crippen molar-refractivity contribution < 1.29 is 9.32 Å². The smallest absolute Gasteiger partial charge is 0.264 e. The number of hydrogen-bond acceptors (Lipinski definition) is 6. The zero-order valence-corrected chi connectivity index (χ0v) is 17.3. The maximum Gasteiger partial charge on any atom is 0.264 e. The molecule has 6 nitrogen and oxygen atoms in total. The number of amides is 1. The number of nitrogens with zero attached hydrogens (tertiary/aromatic N) is 4. The van der Waals surface area contributed by atoms with Crippen LogP contribution in [0.5, 0.6) is 0 Å². The van der Waals surface area contributed by atoms with E-state index in [-0.39, 0.29) is 5.91 Å². The average molecular weight is 447 g/mol. The highest BCUT2D eigenvalue weighted by Crippen LogP contribution is 2.24. The van der Waals surface area contributed by atoms with Crippen molar-refractivity contribution in [3.05, 3.63) is 56.5 Å². The number of aryl methyl sites for hydroxylation is 1. The van der Waals surface area contributed by atoms with E-state index in [1.165, 1.54) is 16.9 Å². The average Bonchev–Trinajstić information content (AvgIpc) is 3.32. The first kappa shape index (κ1) is 18.3. The van der Waals surface area contributed by atoms with Crippen molar-refractivity contribution in [3.63, 3.8) is 0 Å². The Kier molecular flexibility index (Phi) is 5.38. The highest BCUT2D eigenvalue weighted by Gasteiger charge is 2.24. The molecule has 2 aromatic heterocycles. The van der Waals surface area contributed by atoms with Crippen LogP contribution in [-0.2, 0) is 6.54 Å². The summed E-state index contributed by atoms with van der Waals surface area (Å²) in [6.45, 7) is 5.64. The molecule has 0 N–H and O–H groups in total. The van der Waals surface area contributed by atoms with E-state index in [0.29, 0.717) is 31.3 Å². The van der Waals surface area contributed by atoms with Gasteiger partial charge in [-0.2, -0.15) is 4.98 Å². The molecule has 0 bridgehead atoms. The van der Waals surface area contributed by atoms with Crippen molar-refractivity contribution in [1.82, 2.24) is 19.9 Å². The quantitative estimate of drug-likeness (QED) is 0.609. The molecule has 0 spiro atoms. The molecular weight excluding hydrogens is 428 g/mol. The fourth-order valence-corrected chi connectivity index (χ4v) is 4.38. The number of rotatable bonds is 4. The molecule has 1 aliphatic rings. The van der Waals surface area contributed by atoms with Crippen LogP contribution >= 0.6 is 27.3 Å². The van der Waals surface area contributed by atoms with Gasteiger partial charge in [-0.3, -0.25) is 9.69 Å². The Morgan fingerprint density at radius 2 is 1.89 bits per heavy atom. The van der Waals surface area contributed by atoms with Crippen LogP contribution in [0.25, 0.3) is 11.4 Å². The first-order chi connectivity index (χ1) is 13.1. The Morgan fingerprint density at radius 3 is 2.56 bits per heavy atom. The SMILES string of the molecule is Cc1ccc(-c2noc(CN3CCN(C(=O)c4ccc(Br)s4)CC3)n2)cc1. The predicted molar refractivity (Wildman–Crippen MR) is 108 cm³/mol. The van der Waals surface area contributed by atoms with E-state index < -0.39 is 0 Å². The minimum atomic E-state index is 0.102. The molecule has 0 unspecified atom stereocenters. The summed E-state index contributed by atoms with van der Waals surface area (Å²) in [6, 6.07) is 11.8.